The summed E-state index contributed by atoms with van der Waals surface area (Å²) in [6, 6.07) is 9.50. The molecule has 5 heteroatoms. The van der Waals surface area contributed by atoms with E-state index in [4.69, 9.17) is 14.2 Å². The molecule has 6 atom stereocenters. The second-order valence-corrected chi connectivity index (χ2v) is 14.2. The first-order valence-corrected chi connectivity index (χ1v) is 16.5. The van der Waals surface area contributed by atoms with Crippen molar-refractivity contribution in [2.45, 2.75) is 128 Å². The molecule has 4 aliphatic carbocycles. The van der Waals surface area contributed by atoms with Crippen LogP contribution in [0.1, 0.15) is 116 Å². The maximum absolute atomic E-state index is 11.9. The fraction of sp³-hybridized carbons (Fsp3) is 0.771. The molecule has 1 spiro atoms. The van der Waals surface area contributed by atoms with E-state index in [1.165, 1.54) is 24.8 Å². The molecule has 2 saturated carbocycles. The predicted octanol–water partition coefficient (Wildman–Crippen LogP) is 7.49. The van der Waals surface area contributed by atoms with Gasteiger partial charge < -0.3 is 24.6 Å². The zero-order chi connectivity index (χ0) is 28.0. The predicted molar refractivity (Wildman–Crippen MR) is 159 cm³/mol. The number of fused-ring (bicyclic) bond motifs is 4. The zero-order valence-electron chi connectivity index (χ0n) is 25.5. The lowest BCUT2D eigenvalue weighted by Crippen LogP contribution is -2.53. The molecule has 0 bridgehead atoms. The molecule has 222 valence electrons. The van der Waals surface area contributed by atoms with Gasteiger partial charge in [-0.3, -0.25) is 0 Å². The van der Waals surface area contributed by atoms with Crippen LogP contribution in [0.25, 0.3) is 0 Å². The van der Waals surface area contributed by atoms with Crippen molar-refractivity contribution in [3.05, 3.63) is 41.0 Å². The molecular formula is C35H53NO4. The molecular weight excluding hydrogens is 498 g/mol. The smallest absolute Gasteiger partial charge is 0.172 e. The van der Waals surface area contributed by atoms with Gasteiger partial charge in [-0.2, -0.15) is 0 Å². The second kappa shape index (κ2) is 11.4. The summed E-state index contributed by atoms with van der Waals surface area (Å²) < 4.78 is 18.7. The molecule has 40 heavy (non-hydrogen) atoms. The van der Waals surface area contributed by atoms with E-state index in [1.54, 1.807) is 11.1 Å². The highest BCUT2D eigenvalue weighted by molar-refractivity contribution is 5.31. The Bertz CT molecular complexity index is 1070. The Hall–Kier alpha value is -1.40. The lowest BCUT2D eigenvalue weighted by atomic mass is 9.51. The van der Waals surface area contributed by atoms with Crippen molar-refractivity contribution >= 4 is 0 Å². The number of allylic oxidation sites excluding steroid dienone is 1. The summed E-state index contributed by atoms with van der Waals surface area (Å²) in [5.41, 5.74) is 4.04. The first kappa shape index (κ1) is 28.7. The molecule has 4 unspecified atom stereocenters. The zero-order valence-corrected chi connectivity index (χ0v) is 25.5. The fourth-order valence-corrected chi connectivity index (χ4v) is 9.78. The molecule has 2 N–H and O–H groups in total. The van der Waals surface area contributed by atoms with Crippen molar-refractivity contribution in [2.75, 3.05) is 19.8 Å². The minimum absolute atomic E-state index is 0.0403. The normalized spacial score (nSPS) is 35.5. The van der Waals surface area contributed by atoms with Crippen LogP contribution in [0.3, 0.4) is 0 Å². The van der Waals surface area contributed by atoms with E-state index in [-0.39, 0.29) is 11.2 Å². The van der Waals surface area contributed by atoms with Crippen molar-refractivity contribution in [2.24, 2.45) is 23.2 Å². The van der Waals surface area contributed by atoms with Gasteiger partial charge in [-0.25, -0.2) is 0 Å². The van der Waals surface area contributed by atoms with Gasteiger partial charge in [-0.15, -0.1) is 0 Å². The summed E-state index contributed by atoms with van der Waals surface area (Å²) in [7, 11) is 0. The molecule has 6 rings (SSSR count). The molecule has 5 aliphatic rings. The average Bonchev–Trinajstić information content (AvgIpc) is 3.49. The first-order chi connectivity index (χ1) is 19.3. The van der Waals surface area contributed by atoms with Crippen molar-refractivity contribution < 1.29 is 19.3 Å². The van der Waals surface area contributed by atoms with Gasteiger partial charge in [-0.1, -0.05) is 50.5 Å². The molecule has 1 saturated heterocycles. The van der Waals surface area contributed by atoms with E-state index in [9.17, 15) is 5.11 Å². The van der Waals surface area contributed by atoms with Gasteiger partial charge in [0.05, 0.1) is 25.4 Å². The van der Waals surface area contributed by atoms with Crippen LogP contribution in [0.4, 0.5) is 0 Å². The van der Waals surface area contributed by atoms with E-state index in [0.29, 0.717) is 36.4 Å². The van der Waals surface area contributed by atoms with Gasteiger partial charge in [-0.05, 0) is 100 Å². The van der Waals surface area contributed by atoms with Gasteiger partial charge in [0.2, 0.25) is 0 Å². The lowest BCUT2D eigenvalue weighted by Gasteiger charge is -2.55. The molecule has 5 nitrogen and oxygen atoms in total. The van der Waals surface area contributed by atoms with Crippen molar-refractivity contribution in [3.63, 3.8) is 0 Å². The number of aliphatic hydroxyl groups is 1. The summed E-state index contributed by atoms with van der Waals surface area (Å²) in [6.07, 6.45) is 13.2. The van der Waals surface area contributed by atoms with E-state index >= 15 is 0 Å². The van der Waals surface area contributed by atoms with E-state index in [1.807, 2.05) is 0 Å². The Morgan fingerprint density at radius 3 is 2.67 bits per heavy atom. The fourth-order valence-electron chi connectivity index (χ4n) is 9.78. The van der Waals surface area contributed by atoms with Gasteiger partial charge in [0.1, 0.15) is 5.75 Å². The van der Waals surface area contributed by atoms with Gasteiger partial charge in [0.25, 0.3) is 0 Å². The van der Waals surface area contributed by atoms with Crippen molar-refractivity contribution in [1.82, 2.24) is 5.32 Å². The largest absolute Gasteiger partial charge is 0.494 e. The van der Waals surface area contributed by atoms with Crippen molar-refractivity contribution in [3.8, 4) is 5.75 Å². The summed E-state index contributed by atoms with van der Waals surface area (Å²) in [5.74, 6) is 2.61. The standard InChI is InChI=1S/C35H53NO4/c1-5-7-32(36-24(2)3)25-8-6-9-27(22-25)38-19-18-34-16-12-29-28-13-17-35(39-20-21-40-35)23-26(28)10-11-30(29)31(34)14-15-33(34,4)37/h6,8-9,22,24,29-32,36-37H,5,7,10-21,23H2,1-4H3/t29?,30?,31?,32?,33-,34+/m0/s1. The van der Waals surface area contributed by atoms with Crippen LogP contribution in [0, 0.1) is 23.2 Å². The highest BCUT2D eigenvalue weighted by Gasteiger charge is 2.62. The van der Waals surface area contributed by atoms with Crippen LogP contribution >= 0.6 is 0 Å². The minimum Gasteiger partial charge on any atom is -0.494 e. The Kier molecular flexibility index (Phi) is 8.15. The molecule has 1 heterocycles. The SMILES string of the molecule is CCCC(NC(C)C)c1cccc(OCC[C@]23CCC4C5=C(CCC4C2CC[C@]3(C)O)CC2(CC5)OCCO2)c1. The van der Waals surface area contributed by atoms with Crippen LogP contribution in [0.2, 0.25) is 0 Å². The number of hydrogen-bond donors (Lipinski definition) is 2. The summed E-state index contributed by atoms with van der Waals surface area (Å²) in [6.45, 7) is 11.0. The third kappa shape index (κ3) is 5.18. The van der Waals surface area contributed by atoms with Crippen LogP contribution < -0.4 is 10.1 Å². The van der Waals surface area contributed by atoms with Gasteiger partial charge in [0, 0.05) is 30.3 Å². The Balaban J connectivity index is 1.15. The topological polar surface area (TPSA) is 60.0 Å². The molecule has 0 aromatic heterocycles. The molecule has 1 aliphatic heterocycles. The Morgan fingerprint density at radius 2 is 1.90 bits per heavy atom. The molecule has 0 amide bonds. The number of nitrogens with one attached hydrogen (secondary N) is 1. The molecule has 1 aromatic carbocycles. The van der Waals surface area contributed by atoms with Gasteiger partial charge in [0.15, 0.2) is 5.79 Å². The van der Waals surface area contributed by atoms with E-state index in [2.05, 4.69) is 57.3 Å². The Labute approximate surface area is 242 Å². The van der Waals surface area contributed by atoms with Crippen LogP contribution in [0.5, 0.6) is 5.75 Å². The summed E-state index contributed by atoms with van der Waals surface area (Å²) >= 11 is 0. The third-order valence-corrected chi connectivity index (χ3v) is 11.6. The van der Waals surface area contributed by atoms with Crippen LogP contribution in [-0.4, -0.2) is 42.4 Å². The summed E-state index contributed by atoms with van der Waals surface area (Å²) in [5, 5.41) is 15.6. The average molecular weight is 552 g/mol. The molecule has 3 fully saturated rings. The second-order valence-electron chi connectivity index (χ2n) is 14.2. The molecule has 0 radical (unpaired) electrons. The van der Waals surface area contributed by atoms with Crippen LogP contribution in [0.15, 0.2) is 35.4 Å². The number of hydrogen-bond acceptors (Lipinski definition) is 5. The lowest BCUT2D eigenvalue weighted by molar-refractivity contribution is -0.166. The third-order valence-electron chi connectivity index (χ3n) is 11.6. The molecule has 1 aromatic rings. The Morgan fingerprint density at radius 1 is 1.07 bits per heavy atom. The van der Waals surface area contributed by atoms with E-state index < -0.39 is 5.60 Å². The van der Waals surface area contributed by atoms with E-state index in [0.717, 1.165) is 76.8 Å². The minimum atomic E-state index is -0.613. The highest BCUT2D eigenvalue weighted by Crippen LogP contribution is 2.66. The van der Waals surface area contributed by atoms with Crippen molar-refractivity contribution in [1.29, 1.82) is 0 Å². The number of benzene rings is 1. The highest BCUT2D eigenvalue weighted by atomic mass is 16.7. The number of rotatable bonds is 9. The first-order valence-electron chi connectivity index (χ1n) is 16.5. The quantitative estimate of drug-likeness (QED) is 0.312. The maximum Gasteiger partial charge on any atom is 0.172 e. The monoisotopic (exact) mass is 551 g/mol. The summed E-state index contributed by atoms with van der Waals surface area (Å²) in [4.78, 5) is 0. The van der Waals surface area contributed by atoms with Gasteiger partial charge >= 0.3 is 0 Å². The van der Waals surface area contributed by atoms with Crippen LogP contribution in [-0.2, 0) is 9.47 Å². The number of ether oxygens (including phenoxy) is 3. The maximum atomic E-state index is 11.9.